The number of hydrogen-bond acceptors (Lipinski definition) is 5. The number of benzene rings is 1. The third-order valence-electron chi connectivity index (χ3n) is 2.57. The first kappa shape index (κ1) is 14.3. The van der Waals surface area contributed by atoms with Crippen molar-refractivity contribution in [1.82, 2.24) is 4.98 Å². The number of halogens is 2. The molecular weight excluding hydrogens is 286 g/mol. The Kier molecular flexibility index (Phi) is 3.74. The van der Waals surface area contributed by atoms with E-state index >= 15 is 0 Å². The molecule has 1 aromatic heterocycles. The summed E-state index contributed by atoms with van der Waals surface area (Å²) in [6.07, 6.45) is 1.12. The monoisotopic (exact) mass is 294 g/mol. The zero-order chi connectivity index (χ0) is 15.6. The summed E-state index contributed by atoms with van der Waals surface area (Å²) in [5.41, 5.74) is 4.02. The van der Waals surface area contributed by atoms with Gasteiger partial charge in [-0.05, 0) is 12.1 Å². The number of hydrogen-bond donors (Lipinski definition) is 2. The molecule has 0 unspecified atom stereocenters. The molecule has 1 aromatic carbocycles. The Morgan fingerprint density at radius 2 is 2.05 bits per heavy atom. The molecule has 0 aliphatic heterocycles. The molecule has 0 saturated carbocycles. The number of pyridine rings is 1. The van der Waals surface area contributed by atoms with E-state index in [1.807, 2.05) is 0 Å². The molecule has 1 heterocycles. The lowest BCUT2D eigenvalue weighted by Crippen LogP contribution is -2.16. The van der Waals surface area contributed by atoms with Crippen LogP contribution in [-0.4, -0.2) is 15.8 Å². The lowest BCUT2D eigenvalue weighted by atomic mass is 10.2. The minimum atomic E-state index is -1.03. The first-order chi connectivity index (χ1) is 9.90. The number of non-ortho nitro benzene ring substituents is 1. The summed E-state index contributed by atoms with van der Waals surface area (Å²) < 4.78 is 27.2. The number of nitrogens with zero attached hydrogens (tertiary/aromatic N) is 2. The van der Waals surface area contributed by atoms with Gasteiger partial charge in [0.1, 0.15) is 0 Å². The van der Waals surface area contributed by atoms with Crippen LogP contribution in [-0.2, 0) is 0 Å². The Labute approximate surface area is 116 Å². The smallest absolute Gasteiger partial charge is 0.272 e. The van der Waals surface area contributed by atoms with Gasteiger partial charge in [-0.15, -0.1) is 0 Å². The molecule has 0 aliphatic rings. The quantitative estimate of drug-likeness (QED) is 0.665. The predicted molar refractivity (Wildman–Crippen MR) is 69.6 cm³/mol. The van der Waals surface area contributed by atoms with E-state index in [0.717, 1.165) is 24.4 Å². The van der Waals surface area contributed by atoms with Crippen molar-refractivity contribution in [3.63, 3.8) is 0 Å². The SMILES string of the molecule is Nc1nccc(C(=O)Nc2ccc([N+](=O)[O-])cc2F)c1F. The van der Waals surface area contributed by atoms with Gasteiger partial charge in [0.15, 0.2) is 17.5 Å². The molecule has 9 heteroatoms. The molecule has 1 amide bonds. The maximum atomic E-state index is 13.6. The van der Waals surface area contributed by atoms with Crippen molar-refractivity contribution in [3.8, 4) is 0 Å². The van der Waals surface area contributed by atoms with E-state index in [2.05, 4.69) is 10.3 Å². The molecule has 0 saturated heterocycles. The van der Waals surface area contributed by atoms with Gasteiger partial charge < -0.3 is 11.1 Å². The summed E-state index contributed by atoms with van der Waals surface area (Å²) in [5.74, 6) is -3.46. The Bertz CT molecular complexity index is 736. The average Bonchev–Trinajstić information content (AvgIpc) is 2.43. The predicted octanol–water partition coefficient (Wildman–Crippen LogP) is 2.10. The minimum absolute atomic E-state index is 0.319. The van der Waals surface area contributed by atoms with Crippen LogP contribution in [0.3, 0.4) is 0 Å². The zero-order valence-corrected chi connectivity index (χ0v) is 10.3. The maximum Gasteiger partial charge on any atom is 0.272 e. The van der Waals surface area contributed by atoms with E-state index in [9.17, 15) is 23.7 Å². The average molecular weight is 294 g/mol. The van der Waals surface area contributed by atoms with E-state index in [1.54, 1.807) is 0 Å². The number of anilines is 2. The van der Waals surface area contributed by atoms with Crippen LogP contribution in [0.25, 0.3) is 0 Å². The second-order valence-electron chi connectivity index (χ2n) is 3.93. The molecule has 0 bridgehead atoms. The molecule has 0 radical (unpaired) electrons. The fourth-order valence-corrected chi connectivity index (χ4v) is 1.54. The van der Waals surface area contributed by atoms with Crippen molar-refractivity contribution in [2.75, 3.05) is 11.1 Å². The summed E-state index contributed by atoms with van der Waals surface area (Å²) in [7, 11) is 0. The number of carbonyl (C=O) groups excluding carboxylic acids is 1. The Morgan fingerprint density at radius 3 is 2.67 bits per heavy atom. The number of aromatic nitrogens is 1. The molecule has 21 heavy (non-hydrogen) atoms. The standard InChI is InChI=1S/C12H8F2N4O3/c13-8-5-6(18(20)21)1-2-9(8)17-12(19)7-3-4-16-11(15)10(7)14/h1-5H,(H2,15,16)(H,17,19). The van der Waals surface area contributed by atoms with Crippen LogP contribution in [0, 0.1) is 21.7 Å². The van der Waals surface area contributed by atoms with Gasteiger partial charge in [-0.2, -0.15) is 0 Å². The van der Waals surface area contributed by atoms with E-state index in [4.69, 9.17) is 5.73 Å². The Morgan fingerprint density at radius 1 is 1.33 bits per heavy atom. The van der Waals surface area contributed by atoms with Crippen LogP contribution in [0.2, 0.25) is 0 Å². The third-order valence-corrected chi connectivity index (χ3v) is 2.57. The summed E-state index contributed by atoms with van der Waals surface area (Å²) in [6, 6.07) is 3.74. The highest BCUT2D eigenvalue weighted by molar-refractivity contribution is 6.04. The molecule has 108 valence electrons. The number of nitrogens with two attached hydrogens (primary N) is 1. The van der Waals surface area contributed by atoms with Gasteiger partial charge in [-0.3, -0.25) is 14.9 Å². The number of nitro groups is 1. The number of nitro benzene ring substituents is 1. The van der Waals surface area contributed by atoms with Crippen molar-refractivity contribution >= 4 is 23.1 Å². The van der Waals surface area contributed by atoms with Gasteiger partial charge in [-0.25, -0.2) is 13.8 Å². The lowest BCUT2D eigenvalue weighted by molar-refractivity contribution is -0.385. The number of nitrogens with one attached hydrogen (secondary N) is 1. The third kappa shape index (κ3) is 2.91. The molecule has 0 aliphatic carbocycles. The molecule has 2 aromatic rings. The zero-order valence-electron chi connectivity index (χ0n) is 10.3. The number of nitrogen functional groups attached to an aromatic ring is 1. The summed E-state index contributed by atoms with van der Waals surface area (Å²) >= 11 is 0. The molecule has 0 fully saturated rings. The van der Waals surface area contributed by atoms with Crippen molar-refractivity contribution in [2.24, 2.45) is 0 Å². The Hall–Kier alpha value is -3.10. The van der Waals surface area contributed by atoms with Gasteiger partial charge in [0, 0.05) is 12.3 Å². The highest BCUT2D eigenvalue weighted by Gasteiger charge is 2.17. The fraction of sp³-hybridized carbons (Fsp3) is 0. The van der Waals surface area contributed by atoms with Gasteiger partial charge in [-0.1, -0.05) is 0 Å². The highest BCUT2D eigenvalue weighted by Crippen LogP contribution is 2.21. The van der Waals surface area contributed by atoms with Gasteiger partial charge in [0.05, 0.1) is 22.2 Å². The fourth-order valence-electron chi connectivity index (χ4n) is 1.54. The van der Waals surface area contributed by atoms with Crippen molar-refractivity contribution < 1.29 is 18.5 Å². The molecule has 0 atom stereocenters. The number of rotatable bonds is 3. The van der Waals surface area contributed by atoms with Crippen LogP contribution >= 0.6 is 0 Å². The number of carbonyl (C=O) groups is 1. The first-order valence-corrected chi connectivity index (χ1v) is 5.55. The second kappa shape index (κ2) is 5.49. The summed E-state index contributed by atoms with van der Waals surface area (Å²) in [5, 5.41) is 12.6. The van der Waals surface area contributed by atoms with Crippen molar-refractivity contribution in [3.05, 3.63) is 57.8 Å². The van der Waals surface area contributed by atoms with Crippen LogP contribution in [0.4, 0.5) is 26.0 Å². The number of amides is 1. The van der Waals surface area contributed by atoms with Gasteiger partial charge in [0.2, 0.25) is 0 Å². The maximum absolute atomic E-state index is 13.6. The first-order valence-electron chi connectivity index (χ1n) is 5.55. The Balaban J connectivity index is 2.28. The van der Waals surface area contributed by atoms with Crippen molar-refractivity contribution in [2.45, 2.75) is 0 Å². The molecule has 0 spiro atoms. The van der Waals surface area contributed by atoms with Crippen LogP contribution < -0.4 is 11.1 Å². The van der Waals surface area contributed by atoms with E-state index < -0.39 is 39.5 Å². The molecule has 7 nitrogen and oxygen atoms in total. The van der Waals surface area contributed by atoms with E-state index in [0.29, 0.717) is 6.07 Å². The highest BCUT2D eigenvalue weighted by atomic mass is 19.1. The topological polar surface area (TPSA) is 111 Å². The lowest BCUT2D eigenvalue weighted by Gasteiger charge is -2.07. The van der Waals surface area contributed by atoms with Crippen LogP contribution in [0.15, 0.2) is 30.5 Å². The molecule has 2 rings (SSSR count). The van der Waals surface area contributed by atoms with Gasteiger partial charge in [0.25, 0.3) is 11.6 Å². The van der Waals surface area contributed by atoms with Gasteiger partial charge >= 0.3 is 0 Å². The normalized spacial score (nSPS) is 10.2. The largest absolute Gasteiger partial charge is 0.381 e. The summed E-state index contributed by atoms with van der Waals surface area (Å²) in [4.78, 5) is 25.0. The minimum Gasteiger partial charge on any atom is -0.381 e. The summed E-state index contributed by atoms with van der Waals surface area (Å²) in [6.45, 7) is 0. The van der Waals surface area contributed by atoms with Crippen molar-refractivity contribution in [1.29, 1.82) is 0 Å². The molecule has 3 N–H and O–H groups in total. The van der Waals surface area contributed by atoms with Crippen LogP contribution in [0.1, 0.15) is 10.4 Å². The van der Waals surface area contributed by atoms with E-state index in [-0.39, 0.29) is 5.69 Å². The van der Waals surface area contributed by atoms with Crippen LogP contribution in [0.5, 0.6) is 0 Å². The second-order valence-corrected chi connectivity index (χ2v) is 3.93. The molecular formula is C12H8F2N4O3. The van der Waals surface area contributed by atoms with E-state index in [1.165, 1.54) is 0 Å².